The zero-order valence-corrected chi connectivity index (χ0v) is 11.1. The third kappa shape index (κ3) is 2.67. The second kappa shape index (κ2) is 5.11. The summed E-state index contributed by atoms with van der Waals surface area (Å²) < 4.78 is 38.1. The lowest BCUT2D eigenvalue weighted by molar-refractivity contribution is -0.137. The zero-order chi connectivity index (χ0) is 14.2. The summed E-state index contributed by atoms with van der Waals surface area (Å²) in [5, 5.41) is 0. The molecule has 0 saturated heterocycles. The fraction of sp³-hybridized carbons (Fsp3) is 0.533. The fourth-order valence-corrected chi connectivity index (χ4v) is 2.95. The SMILES string of the molecule is FC(F)(F)c1ccc2nc(C3CCCCCC3)[nH]c2c1. The number of imidazole rings is 1. The second-order valence-corrected chi connectivity index (χ2v) is 5.54. The largest absolute Gasteiger partial charge is 0.416 e. The standard InChI is InChI=1S/C15H17F3N2/c16-15(17,18)11-7-8-12-13(9-11)20-14(19-12)10-5-3-1-2-4-6-10/h7-10H,1-6H2,(H,19,20). The molecule has 1 aliphatic rings. The Morgan fingerprint density at radius 1 is 1.05 bits per heavy atom. The molecule has 2 aromatic rings. The predicted octanol–water partition coefficient (Wildman–Crippen LogP) is 5.02. The molecule has 0 amide bonds. The molecule has 1 N–H and O–H groups in total. The van der Waals surface area contributed by atoms with Crippen LogP contribution in [0.25, 0.3) is 11.0 Å². The number of nitrogens with one attached hydrogen (secondary N) is 1. The van der Waals surface area contributed by atoms with E-state index in [0.29, 0.717) is 17.0 Å². The average molecular weight is 282 g/mol. The lowest BCUT2D eigenvalue weighted by atomic mass is 10.00. The van der Waals surface area contributed by atoms with Gasteiger partial charge in [0.1, 0.15) is 5.82 Å². The Labute approximate surface area is 115 Å². The topological polar surface area (TPSA) is 28.7 Å². The van der Waals surface area contributed by atoms with Crippen LogP contribution in [-0.2, 0) is 6.18 Å². The summed E-state index contributed by atoms with van der Waals surface area (Å²) in [5.41, 5.74) is 0.484. The van der Waals surface area contributed by atoms with Crippen LogP contribution in [0.15, 0.2) is 18.2 Å². The molecule has 0 atom stereocenters. The highest BCUT2D eigenvalue weighted by Crippen LogP contribution is 2.33. The minimum absolute atomic E-state index is 0.360. The first-order chi connectivity index (χ1) is 9.54. The predicted molar refractivity (Wildman–Crippen MR) is 71.5 cm³/mol. The Hall–Kier alpha value is -1.52. The van der Waals surface area contributed by atoms with Crippen LogP contribution in [0.3, 0.4) is 0 Å². The summed E-state index contributed by atoms with van der Waals surface area (Å²) in [6.45, 7) is 0. The number of aromatic amines is 1. The van der Waals surface area contributed by atoms with Crippen LogP contribution in [0.2, 0.25) is 0 Å². The van der Waals surface area contributed by atoms with E-state index >= 15 is 0 Å². The summed E-state index contributed by atoms with van der Waals surface area (Å²) in [7, 11) is 0. The number of benzene rings is 1. The molecule has 108 valence electrons. The van der Waals surface area contributed by atoms with E-state index in [2.05, 4.69) is 9.97 Å². The van der Waals surface area contributed by atoms with Gasteiger partial charge in [-0.05, 0) is 31.0 Å². The van der Waals surface area contributed by atoms with E-state index in [1.165, 1.54) is 31.7 Å². The molecular weight excluding hydrogens is 265 g/mol. The van der Waals surface area contributed by atoms with Crippen molar-refractivity contribution >= 4 is 11.0 Å². The van der Waals surface area contributed by atoms with Gasteiger partial charge in [-0.25, -0.2) is 4.98 Å². The van der Waals surface area contributed by atoms with Gasteiger partial charge in [-0.2, -0.15) is 13.2 Å². The van der Waals surface area contributed by atoms with Gasteiger partial charge >= 0.3 is 6.18 Å². The molecule has 1 heterocycles. The molecule has 1 aromatic carbocycles. The number of hydrogen-bond acceptors (Lipinski definition) is 1. The van der Waals surface area contributed by atoms with Crippen LogP contribution in [0.4, 0.5) is 13.2 Å². The average Bonchev–Trinajstić information content (AvgIpc) is 2.63. The highest BCUT2D eigenvalue weighted by molar-refractivity contribution is 5.76. The van der Waals surface area contributed by atoms with Gasteiger partial charge in [-0.1, -0.05) is 25.7 Å². The highest BCUT2D eigenvalue weighted by Gasteiger charge is 2.31. The third-order valence-electron chi connectivity index (χ3n) is 4.07. The maximum Gasteiger partial charge on any atom is 0.416 e. The molecule has 0 bridgehead atoms. The van der Waals surface area contributed by atoms with Crippen molar-refractivity contribution in [2.24, 2.45) is 0 Å². The Morgan fingerprint density at radius 3 is 2.40 bits per heavy atom. The summed E-state index contributed by atoms with van der Waals surface area (Å²) in [4.78, 5) is 7.57. The van der Waals surface area contributed by atoms with Crippen molar-refractivity contribution in [3.63, 3.8) is 0 Å². The van der Waals surface area contributed by atoms with E-state index in [-0.39, 0.29) is 0 Å². The van der Waals surface area contributed by atoms with Crippen molar-refractivity contribution in [2.45, 2.75) is 50.6 Å². The lowest BCUT2D eigenvalue weighted by Crippen LogP contribution is -2.04. The van der Waals surface area contributed by atoms with Gasteiger partial charge in [0.2, 0.25) is 0 Å². The molecule has 0 spiro atoms. The second-order valence-electron chi connectivity index (χ2n) is 5.54. The summed E-state index contributed by atoms with van der Waals surface area (Å²) >= 11 is 0. The van der Waals surface area contributed by atoms with Crippen molar-refractivity contribution < 1.29 is 13.2 Å². The molecule has 1 saturated carbocycles. The van der Waals surface area contributed by atoms with Crippen LogP contribution in [0.1, 0.15) is 55.8 Å². The Balaban J connectivity index is 1.93. The molecule has 1 fully saturated rings. The van der Waals surface area contributed by atoms with Crippen LogP contribution < -0.4 is 0 Å². The first kappa shape index (κ1) is 13.5. The van der Waals surface area contributed by atoms with E-state index < -0.39 is 11.7 Å². The zero-order valence-electron chi connectivity index (χ0n) is 11.1. The normalized spacial score (nSPS) is 18.4. The monoisotopic (exact) mass is 282 g/mol. The molecule has 0 aliphatic heterocycles. The number of rotatable bonds is 1. The number of nitrogens with zero attached hydrogens (tertiary/aromatic N) is 1. The van der Waals surface area contributed by atoms with Gasteiger partial charge in [0.05, 0.1) is 16.6 Å². The first-order valence-corrected chi connectivity index (χ1v) is 7.11. The fourth-order valence-electron chi connectivity index (χ4n) is 2.95. The molecule has 1 aliphatic carbocycles. The van der Waals surface area contributed by atoms with Crippen LogP contribution in [0, 0.1) is 0 Å². The molecule has 2 nitrogen and oxygen atoms in total. The molecule has 5 heteroatoms. The quantitative estimate of drug-likeness (QED) is 0.731. The minimum Gasteiger partial charge on any atom is -0.342 e. The van der Waals surface area contributed by atoms with Crippen molar-refractivity contribution in [1.29, 1.82) is 0 Å². The number of fused-ring (bicyclic) bond motifs is 1. The molecular formula is C15H17F3N2. The van der Waals surface area contributed by atoms with Crippen molar-refractivity contribution in [1.82, 2.24) is 9.97 Å². The molecule has 1 aromatic heterocycles. The van der Waals surface area contributed by atoms with Gasteiger partial charge in [0.15, 0.2) is 0 Å². The van der Waals surface area contributed by atoms with Crippen molar-refractivity contribution in [3.8, 4) is 0 Å². The third-order valence-corrected chi connectivity index (χ3v) is 4.07. The van der Waals surface area contributed by atoms with Gasteiger partial charge < -0.3 is 4.98 Å². The summed E-state index contributed by atoms with van der Waals surface area (Å²) in [5.74, 6) is 1.21. The van der Waals surface area contributed by atoms with Gasteiger partial charge in [0, 0.05) is 5.92 Å². The van der Waals surface area contributed by atoms with Crippen LogP contribution >= 0.6 is 0 Å². The van der Waals surface area contributed by atoms with Gasteiger partial charge in [0.25, 0.3) is 0 Å². The van der Waals surface area contributed by atoms with E-state index in [9.17, 15) is 13.2 Å². The number of halogens is 3. The smallest absolute Gasteiger partial charge is 0.342 e. The number of hydrogen-bond donors (Lipinski definition) is 1. The highest BCUT2D eigenvalue weighted by atomic mass is 19.4. The Kier molecular flexibility index (Phi) is 3.44. The Morgan fingerprint density at radius 2 is 1.75 bits per heavy atom. The first-order valence-electron chi connectivity index (χ1n) is 7.11. The van der Waals surface area contributed by atoms with E-state index in [1.807, 2.05) is 0 Å². The maximum absolute atomic E-state index is 12.7. The van der Waals surface area contributed by atoms with Gasteiger partial charge in [-0.15, -0.1) is 0 Å². The minimum atomic E-state index is -4.30. The molecule has 3 rings (SSSR count). The van der Waals surface area contributed by atoms with E-state index in [1.54, 1.807) is 0 Å². The molecule has 20 heavy (non-hydrogen) atoms. The van der Waals surface area contributed by atoms with E-state index in [4.69, 9.17) is 0 Å². The van der Waals surface area contributed by atoms with Gasteiger partial charge in [-0.3, -0.25) is 0 Å². The van der Waals surface area contributed by atoms with Crippen molar-refractivity contribution in [3.05, 3.63) is 29.6 Å². The van der Waals surface area contributed by atoms with Crippen molar-refractivity contribution in [2.75, 3.05) is 0 Å². The number of H-pyrrole nitrogens is 1. The van der Waals surface area contributed by atoms with Crippen LogP contribution in [-0.4, -0.2) is 9.97 Å². The maximum atomic E-state index is 12.7. The number of alkyl halides is 3. The summed E-state index contributed by atoms with van der Waals surface area (Å²) in [6, 6.07) is 3.71. The Bertz CT molecular complexity index is 593. The molecule has 0 unspecified atom stereocenters. The summed E-state index contributed by atoms with van der Waals surface area (Å²) in [6.07, 6.45) is 2.69. The van der Waals surface area contributed by atoms with E-state index in [0.717, 1.165) is 30.8 Å². The lowest BCUT2D eigenvalue weighted by Gasteiger charge is -2.09. The number of aromatic nitrogens is 2. The molecule has 0 radical (unpaired) electrons. The van der Waals surface area contributed by atoms with Crippen LogP contribution in [0.5, 0.6) is 0 Å².